The first-order valence-corrected chi connectivity index (χ1v) is 11.2. The lowest BCUT2D eigenvalue weighted by Crippen LogP contribution is -2.54. The van der Waals surface area contributed by atoms with E-state index in [1.165, 1.54) is 0 Å². The Labute approximate surface area is 195 Å². The number of likely N-dealkylation sites (N-methyl/N-ethyl adjacent to an activating group) is 1. The van der Waals surface area contributed by atoms with Gasteiger partial charge in [0.25, 0.3) is 11.8 Å². The van der Waals surface area contributed by atoms with Crippen LogP contribution < -0.4 is 15.1 Å². The zero-order valence-corrected chi connectivity index (χ0v) is 20.0. The molecule has 2 aliphatic rings. The van der Waals surface area contributed by atoms with Crippen molar-refractivity contribution in [3.05, 3.63) is 69.7 Å². The van der Waals surface area contributed by atoms with Crippen molar-refractivity contribution in [2.45, 2.75) is 33.2 Å². The molecule has 2 aliphatic heterocycles. The number of fused-ring (bicyclic) bond motifs is 1. The maximum atomic E-state index is 13.1. The van der Waals surface area contributed by atoms with E-state index in [2.05, 4.69) is 59.9 Å². The Kier molecular flexibility index (Phi) is 5.54. The van der Waals surface area contributed by atoms with Crippen LogP contribution in [0.4, 0.5) is 16.2 Å². The lowest BCUT2D eigenvalue weighted by Gasteiger charge is -2.42. The van der Waals surface area contributed by atoms with Crippen molar-refractivity contribution in [3.63, 3.8) is 0 Å². The maximum absolute atomic E-state index is 13.1. The molecule has 0 bridgehead atoms. The molecule has 2 aromatic carbocycles. The first-order valence-electron chi connectivity index (χ1n) is 10.4. The van der Waals surface area contributed by atoms with Gasteiger partial charge >= 0.3 is 6.03 Å². The van der Waals surface area contributed by atoms with Gasteiger partial charge in [-0.2, -0.15) is 0 Å². The number of anilines is 2. The van der Waals surface area contributed by atoms with E-state index < -0.39 is 17.8 Å². The smallest absolute Gasteiger partial charge is 0.335 e. The van der Waals surface area contributed by atoms with Crippen LogP contribution in [0.2, 0.25) is 0 Å². The number of barbiturate groups is 1. The molecule has 1 N–H and O–H groups in total. The molecule has 7 heteroatoms. The number of carbonyl (C=O) groups excluding carboxylic acids is 3. The van der Waals surface area contributed by atoms with E-state index >= 15 is 0 Å². The zero-order valence-electron chi connectivity index (χ0n) is 18.4. The lowest BCUT2D eigenvalue weighted by atomic mass is 9.88. The summed E-state index contributed by atoms with van der Waals surface area (Å²) in [7, 11) is 0. The maximum Gasteiger partial charge on any atom is 0.335 e. The highest BCUT2D eigenvalue weighted by Gasteiger charge is 2.37. The predicted octanol–water partition coefficient (Wildman–Crippen LogP) is 5.14. The van der Waals surface area contributed by atoms with Gasteiger partial charge < -0.3 is 4.90 Å². The van der Waals surface area contributed by atoms with Crippen LogP contribution in [0.1, 0.15) is 38.8 Å². The first-order chi connectivity index (χ1) is 15.1. The van der Waals surface area contributed by atoms with Gasteiger partial charge in [0.2, 0.25) is 0 Å². The fourth-order valence-electron chi connectivity index (χ4n) is 4.42. The molecule has 32 heavy (non-hydrogen) atoms. The molecule has 1 fully saturated rings. The summed E-state index contributed by atoms with van der Waals surface area (Å²) in [6, 6.07) is 11.9. The highest BCUT2D eigenvalue weighted by molar-refractivity contribution is 9.10. The molecule has 1 saturated heterocycles. The largest absolute Gasteiger partial charge is 0.363 e. The summed E-state index contributed by atoms with van der Waals surface area (Å²) in [6.07, 6.45) is 3.77. The van der Waals surface area contributed by atoms with Crippen LogP contribution in [0, 0.1) is 0 Å². The molecule has 0 unspecified atom stereocenters. The number of rotatable bonds is 3. The Balaban J connectivity index is 1.74. The highest BCUT2D eigenvalue weighted by Crippen LogP contribution is 2.39. The molecule has 6 nitrogen and oxygen atoms in total. The van der Waals surface area contributed by atoms with Gasteiger partial charge in [-0.05, 0) is 81.3 Å². The molecule has 164 valence electrons. The third-order valence-corrected chi connectivity index (χ3v) is 6.34. The number of benzene rings is 2. The van der Waals surface area contributed by atoms with Gasteiger partial charge in [-0.1, -0.05) is 28.1 Å². The van der Waals surface area contributed by atoms with Crippen molar-refractivity contribution < 1.29 is 14.4 Å². The Hall–Kier alpha value is -3.19. The molecule has 0 radical (unpaired) electrons. The van der Waals surface area contributed by atoms with Crippen molar-refractivity contribution in [2.24, 2.45) is 0 Å². The molecule has 0 aromatic heterocycles. The second-order valence-corrected chi connectivity index (χ2v) is 9.35. The van der Waals surface area contributed by atoms with Crippen LogP contribution in [0.25, 0.3) is 11.6 Å². The summed E-state index contributed by atoms with van der Waals surface area (Å²) in [6.45, 7) is 9.40. The van der Waals surface area contributed by atoms with Crippen LogP contribution in [0.5, 0.6) is 0 Å². The summed E-state index contributed by atoms with van der Waals surface area (Å²) >= 11 is 3.34. The molecular weight excluding hydrogens is 470 g/mol. The predicted molar refractivity (Wildman–Crippen MR) is 130 cm³/mol. The standard InChI is InChI=1S/C25H24BrN3O3/c1-5-28-21-11-6-16(12-19(21)15(2)14-25(28,3)4)13-20-22(30)27-24(32)29(23(20)31)18-9-7-17(26)8-10-18/h6-14H,5H2,1-4H3,(H,27,30,32)/b20-13-. The topological polar surface area (TPSA) is 69.7 Å². The number of hydrogen-bond donors (Lipinski definition) is 1. The minimum atomic E-state index is -0.760. The average Bonchev–Trinajstić information content (AvgIpc) is 2.72. The number of urea groups is 1. The van der Waals surface area contributed by atoms with Gasteiger partial charge in [0.1, 0.15) is 5.57 Å². The fraction of sp³-hybridized carbons (Fsp3) is 0.240. The first kappa shape index (κ1) is 22.0. The highest BCUT2D eigenvalue weighted by atomic mass is 79.9. The fourth-order valence-corrected chi connectivity index (χ4v) is 4.68. The number of nitrogens with zero attached hydrogens (tertiary/aromatic N) is 2. The van der Waals surface area contributed by atoms with E-state index in [1.807, 2.05) is 18.2 Å². The molecular formula is C25H24BrN3O3. The van der Waals surface area contributed by atoms with Crippen molar-refractivity contribution in [2.75, 3.05) is 16.3 Å². The number of hydrogen-bond acceptors (Lipinski definition) is 4. The summed E-state index contributed by atoms with van der Waals surface area (Å²) in [5.74, 6) is -1.35. The van der Waals surface area contributed by atoms with E-state index in [4.69, 9.17) is 0 Å². The molecule has 4 amide bonds. The molecule has 0 aliphatic carbocycles. The van der Waals surface area contributed by atoms with Crippen LogP contribution in [0.15, 0.2) is 58.6 Å². The molecule has 2 heterocycles. The Morgan fingerprint density at radius 1 is 1.06 bits per heavy atom. The Morgan fingerprint density at radius 3 is 2.41 bits per heavy atom. The van der Waals surface area contributed by atoms with Crippen LogP contribution in [-0.2, 0) is 9.59 Å². The summed E-state index contributed by atoms with van der Waals surface area (Å²) in [5.41, 5.74) is 4.24. The summed E-state index contributed by atoms with van der Waals surface area (Å²) in [5, 5.41) is 2.27. The van der Waals surface area contributed by atoms with E-state index in [9.17, 15) is 14.4 Å². The second-order valence-electron chi connectivity index (χ2n) is 8.44. The number of halogens is 1. The van der Waals surface area contributed by atoms with E-state index in [1.54, 1.807) is 30.3 Å². The van der Waals surface area contributed by atoms with Gasteiger partial charge in [0.05, 0.1) is 11.2 Å². The van der Waals surface area contributed by atoms with Gasteiger partial charge in [-0.15, -0.1) is 0 Å². The van der Waals surface area contributed by atoms with Gasteiger partial charge in [0.15, 0.2) is 0 Å². The van der Waals surface area contributed by atoms with E-state index in [0.717, 1.165) is 38.3 Å². The van der Waals surface area contributed by atoms with Crippen LogP contribution in [-0.4, -0.2) is 29.9 Å². The molecule has 0 spiro atoms. The molecule has 4 rings (SSSR count). The quantitative estimate of drug-likeness (QED) is 0.474. The minimum Gasteiger partial charge on any atom is -0.363 e. The summed E-state index contributed by atoms with van der Waals surface area (Å²) in [4.78, 5) is 41.3. The van der Waals surface area contributed by atoms with Crippen molar-refractivity contribution >= 4 is 56.8 Å². The van der Waals surface area contributed by atoms with Gasteiger partial charge in [0, 0.05) is 22.3 Å². The Morgan fingerprint density at radius 2 is 1.75 bits per heavy atom. The second kappa shape index (κ2) is 8.06. The van der Waals surface area contributed by atoms with Gasteiger partial charge in [-0.3, -0.25) is 14.9 Å². The van der Waals surface area contributed by atoms with Crippen molar-refractivity contribution in [1.29, 1.82) is 0 Å². The third-order valence-electron chi connectivity index (χ3n) is 5.82. The average molecular weight is 494 g/mol. The lowest BCUT2D eigenvalue weighted by molar-refractivity contribution is -0.122. The van der Waals surface area contributed by atoms with Crippen molar-refractivity contribution in [1.82, 2.24) is 5.32 Å². The number of carbonyl (C=O) groups is 3. The number of amides is 4. The number of allylic oxidation sites excluding steroid dienone is 1. The van der Waals surface area contributed by atoms with E-state index in [0.29, 0.717) is 5.69 Å². The zero-order chi connectivity index (χ0) is 23.2. The SMILES string of the molecule is CCN1c2ccc(/C=C3/C(=O)NC(=O)N(c4ccc(Br)cc4)C3=O)cc2C(C)=CC1(C)C. The van der Waals surface area contributed by atoms with Crippen LogP contribution in [0.3, 0.4) is 0 Å². The normalized spacial score (nSPS) is 19.1. The van der Waals surface area contributed by atoms with Crippen molar-refractivity contribution in [3.8, 4) is 0 Å². The van der Waals surface area contributed by atoms with Crippen LogP contribution >= 0.6 is 15.9 Å². The van der Waals surface area contributed by atoms with Gasteiger partial charge in [-0.25, -0.2) is 9.69 Å². The number of imide groups is 2. The van der Waals surface area contributed by atoms with E-state index in [-0.39, 0.29) is 11.1 Å². The Bertz CT molecular complexity index is 1200. The molecule has 0 atom stereocenters. The third kappa shape index (κ3) is 3.77. The number of nitrogens with one attached hydrogen (secondary N) is 1. The minimum absolute atomic E-state index is 0.0856. The monoisotopic (exact) mass is 493 g/mol. The summed E-state index contributed by atoms with van der Waals surface area (Å²) < 4.78 is 0.819. The molecule has 2 aromatic rings. The molecule has 0 saturated carbocycles.